The minimum atomic E-state index is -0.642. The fourth-order valence-corrected chi connectivity index (χ4v) is 3.98. The number of hydrogen-bond acceptors (Lipinski definition) is 6. The molecular weight excluding hydrogens is 473 g/mol. The lowest BCUT2D eigenvalue weighted by molar-refractivity contribution is -0.147. The van der Waals surface area contributed by atoms with E-state index >= 15 is 0 Å². The van der Waals surface area contributed by atoms with Gasteiger partial charge in [0, 0.05) is 31.5 Å². The number of halogens is 2. The molecule has 0 aliphatic carbocycles. The van der Waals surface area contributed by atoms with Gasteiger partial charge < -0.3 is 9.64 Å². The summed E-state index contributed by atoms with van der Waals surface area (Å²) in [5, 5.41) is 0.531. The number of ether oxygens (including phenoxy) is 1. The maximum Gasteiger partial charge on any atom is 0.309 e. The van der Waals surface area contributed by atoms with Gasteiger partial charge in [-0.1, -0.05) is 53.6 Å². The van der Waals surface area contributed by atoms with Crippen LogP contribution in [-0.2, 0) is 9.53 Å². The first kappa shape index (κ1) is 25.4. The van der Waals surface area contributed by atoms with Crippen molar-refractivity contribution in [2.24, 2.45) is 5.92 Å². The first-order valence-electron chi connectivity index (χ1n) is 10.8. The van der Waals surface area contributed by atoms with E-state index in [4.69, 9.17) is 27.9 Å². The highest BCUT2D eigenvalue weighted by Gasteiger charge is 2.25. The zero-order chi connectivity index (χ0) is 24.5. The van der Waals surface area contributed by atoms with Crippen LogP contribution in [0.1, 0.15) is 35.7 Å². The van der Waals surface area contributed by atoms with E-state index < -0.39 is 11.9 Å². The molecule has 0 radical (unpaired) electrons. The molecule has 0 unspecified atom stereocenters. The number of hydrogen-bond donors (Lipinski definition) is 0. The van der Waals surface area contributed by atoms with Gasteiger partial charge in [-0.2, -0.15) is 0 Å². The fourth-order valence-electron chi connectivity index (χ4n) is 3.37. The van der Waals surface area contributed by atoms with Gasteiger partial charge in [0.25, 0.3) is 0 Å². The van der Waals surface area contributed by atoms with E-state index in [9.17, 15) is 9.59 Å². The molecule has 0 saturated heterocycles. The Kier molecular flexibility index (Phi) is 9.19. The molecule has 3 rings (SSSR count). The zero-order valence-electron chi connectivity index (χ0n) is 18.9. The lowest BCUT2D eigenvalue weighted by Gasteiger charge is -2.16. The average molecular weight is 498 g/mol. The highest BCUT2D eigenvalue weighted by atomic mass is 35.5. The van der Waals surface area contributed by atoms with Crippen LogP contribution in [0, 0.1) is 5.92 Å². The number of allylic oxidation sites excluding steroid dienone is 1. The van der Waals surface area contributed by atoms with Gasteiger partial charge >= 0.3 is 5.97 Å². The quantitative estimate of drug-likeness (QED) is 0.238. The van der Waals surface area contributed by atoms with Gasteiger partial charge in [-0.25, -0.2) is 9.97 Å². The lowest BCUT2D eigenvalue weighted by Crippen LogP contribution is -2.21. The predicted molar refractivity (Wildman–Crippen MR) is 136 cm³/mol. The molecule has 0 amide bonds. The topological polar surface area (TPSA) is 72.4 Å². The predicted octanol–water partition coefficient (Wildman–Crippen LogP) is 6.41. The number of nitrogens with zero attached hydrogens (tertiary/aromatic N) is 3. The number of Topliss-reactive ketones (excluding diaryl/α,β-unsaturated/α-hetero) is 1. The summed E-state index contributed by atoms with van der Waals surface area (Å²) in [6, 6.07) is 14.5. The molecule has 2 aromatic carbocycles. The molecule has 0 spiro atoms. The van der Waals surface area contributed by atoms with Crippen molar-refractivity contribution in [3.8, 4) is 0 Å². The Hall–Kier alpha value is -3.22. The smallest absolute Gasteiger partial charge is 0.309 e. The summed E-state index contributed by atoms with van der Waals surface area (Å²) < 4.78 is 5.18. The molecule has 0 aliphatic heterocycles. The monoisotopic (exact) mass is 497 g/mol. The van der Waals surface area contributed by atoms with Crippen molar-refractivity contribution in [2.75, 3.05) is 18.6 Å². The van der Waals surface area contributed by atoms with Gasteiger partial charge in [0.05, 0.1) is 28.1 Å². The van der Waals surface area contributed by atoms with Crippen molar-refractivity contribution >= 4 is 52.7 Å². The van der Waals surface area contributed by atoms with E-state index in [1.54, 1.807) is 43.6 Å². The van der Waals surface area contributed by atoms with E-state index in [2.05, 4.69) is 9.97 Å². The normalized spacial score (nSPS) is 11.9. The van der Waals surface area contributed by atoms with Gasteiger partial charge in [0.1, 0.15) is 0 Å². The van der Waals surface area contributed by atoms with Crippen LogP contribution in [0.15, 0.2) is 67.0 Å². The third-order valence-electron chi connectivity index (χ3n) is 5.16. The molecular formula is C26H25Cl2N3O3. The first-order valence-corrected chi connectivity index (χ1v) is 11.6. The van der Waals surface area contributed by atoms with E-state index in [0.29, 0.717) is 12.4 Å². The van der Waals surface area contributed by atoms with E-state index in [1.807, 2.05) is 48.4 Å². The Bertz CT molecular complexity index is 1130. The summed E-state index contributed by atoms with van der Waals surface area (Å²) in [5.41, 5.74) is 2.12. The summed E-state index contributed by atoms with van der Waals surface area (Å²) in [7, 11) is 1.90. The number of aromatic nitrogens is 2. The van der Waals surface area contributed by atoms with Gasteiger partial charge in [0.2, 0.25) is 5.95 Å². The Balaban J connectivity index is 1.68. The van der Waals surface area contributed by atoms with Crippen molar-refractivity contribution in [2.45, 2.75) is 19.8 Å². The van der Waals surface area contributed by atoms with Crippen LogP contribution in [0.5, 0.6) is 0 Å². The SMILES string of the molecule is CCOC(=O)[C@H](C/C=C/c1ccc(N(C)c2ncccn2)cc1)CC(=O)c1c(Cl)cccc1Cl. The molecule has 8 heteroatoms. The van der Waals surface area contributed by atoms with E-state index in [1.165, 1.54) is 0 Å². The molecule has 1 heterocycles. The average Bonchev–Trinajstić information content (AvgIpc) is 2.84. The Morgan fingerprint density at radius 1 is 1.03 bits per heavy atom. The maximum atomic E-state index is 12.8. The number of ketones is 1. The van der Waals surface area contributed by atoms with Crippen molar-refractivity contribution < 1.29 is 14.3 Å². The molecule has 34 heavy (non-hydrogen) atoms. The minimum absolute atomic E-state index is 0.0482. The lowest BCUT2D eigenvalue weighted by atomic mass is 9.94. The number of rotatable bonds is 10. The van der Waals surface area contributed by atoms with Crippen molar-refractivity contribution in [3.63, 3.8) is 0 Å². The molecule has 1 aromatic heterocycles. The molecule has 6 nitrogen and oxygen atoms in total. The summed E-state index contributed by atoms with van der Waals surface area (Å²) in [6.45, 7) is 1.97. The van der Waals surface area contributed by atoms with Gasteiger partial charge in [-0.05, 0) is 49.2 Å². The van der Waals surface area contributed by atoms with Crippen molar-refractivity contribution in [1.29, 1.82) is 0 Å². The zero-order valence-corrected chi connectivity index (χ0v) is 20.5. The van der Waals surface area contributed by atoms with Crippen LogP contribution in [0.25, 0.3) is 6.08 Å². The molecule has 176 valence electrons. The number of anilines is 2. The largest absolute Gasteiger partial charge is 0.466 e. The van der Waals surface area contributed by atoms with Crippen molar-refractivity contribution in [1.82, 2.24) is 9.97 Å². The number of carbonyl (C=O) groups excluding carboxylic acids is 2. The third-order valence-corrected chi connectivity index (χ3v) is 5.79. The van der Waals surface area contributed by atoms with Crippen LogP contribution in [-0.4, -0.2) is 35.4 Å². The standard InChI is InChI=1S/C26H25Cl2N3O3/c1-3-34-25(33)19(17-23(32)24-21(27)9-5-10-22(24)28)8-4-7-18-11-13-20(14-12-18)31(2)26-29-15-6-16-30-26/h4-7,9-16,19H,3,8,17H2,1-2H3/b7-4+/t19-/m1/s1. The Morgan fingerprint density at radius 2 is 1.68 bits per heavy atom. The molecule has 0 fully saturated rings. The molecule has 3 aromatic rings. The highest BCUT2D eigenvalue weighted by Crippen LogP contribution is 2.28. The fraction of sp³-hybridized carbons (Fsp3) is 0.231. The van der Waals surface area contributed by atoms with Gasteiger partial charge in [0.15, 0.2) is 5.78 Å². The second kappa shape index (κ2) is 12.3. The molecule has 0 N–H and O–H groups in total. The molecule has 0 aliphatic rings. The van der Waals surface area contributed by atoms with Crippen LogP contribution < -0.4 is 4.90 Å². The number of carbonyl (C=O) groups is 2. The summed E-state index contributed by atoms with van der Waals surface area (Å²) in [6.07, 6.45) is 7.45. The number of benzene rings is 2. The summed E-state index contributed by atoms with van der Waals surface area (Å²) in [5.74, 6) is -0.760. The van der Waals surface area contributed by atoms with Gasteiger partial charge in [-0.15, -0.1) is 0 Å². The van der Waals surface area contributed by atoms with Gasteiger partial charge in [-0.3, -0.25) is 9.59 Å². The highest BCUT2D eigenvalue weighted by molar-refractivity contribution is 6.39. The van der Waals surface area contributed by atoms with Crippen LogP contribution in [0.2, 0.25) is 10.0 Å². The second-order valence-electron chi connectivity index (χ2n) is 7.51. The molecule has 0 bridgehead atoms. The summed E-state index contributed by atoms with van der Waals surface area (Å²) >= 11 is 12.3. The summed E-state index contributed by atoms with van der Waals surface area (Å²) in [4.78, 5) is 35.7. The van der Waals surface area contributed by atoms with E-state index in [-0.39, 0.29) is 34.4 Å². The second-order valence-corrected chi connectivity index (χ2v) is 8.32. The number of esters is 1. The Labute approximate surface area is 209 Å². The Morgan fingerprint density at radius 3 is 2.29 bits per heavy atom. The molecule has 1 atom stereocenters. The third kappa shape index (κ3) is 6.65. The maximum absolute atomic E-state index is 12.8. The first-order chi connectivity index (χ1) is 16.4. The van der Waals surface area contributed by atoms with Crippen LogP contribution in [0.4, 0.5) is 11.6 Å². The van der Waals surface area contributed by atoms with Crippen LogP contribution in [0.3, 0.4) is 0 Å². The minimum Gasteiger partial charge on any atom is -0.466 e. The molecule has 0 saturated carbocycles. The van der Waals surface area contributed by atoms with E-state index in [0.717, 1.165) is 11.3 Å². The van der Waals surface area contributed by atoms with Crippen molar-refractivity contribution in [3.05, 3.63) is 88.2 Å². The van der Waals surface area contributed by atoms with Crippen LogP contribution >= 0.6 is 23.2 Å².